The summed E-state index contributed by atoms with van der Waals surface area (Å²) < 4.78 is 0. The molecule has 2 fully saturated rings. The van der Waals surface area contributed by atoms with Gasteiger partial charge in [0.1, 0.15) is 12.6 Å². The molecule has 1 aromatic rings. The van der Waals surface area contributed by atoms with E-state index in [-0.39, 0.29) is 24.4 Å². The Morgan fingerprint density at radius 2 is 2.10 bits per heavy atom. The van der Waals surface area contributed by atoms with E-state index in [1.165, 1.54) is 0 Å². The normalized spacial score (nSPS) is 22.9. The van der Waals surface area contributed by atoms with Crippen LogP contribution in [-0.4, -0.2) is 50.7 Å². The van der Waals surface area contributed by atoms with Gasteiger partial charge in [0.25, 0.3) is 0 Å². The molecular formula is C14H18N4O2. The van der Waals surface area contributed by atoms with Crippen molar-refractivity contribution in [3.05, 3.63) is 23.8 Å². The number of fused-ring (bicyclic) bond motifs is 1. The van der Waals surface area contributed by atoms with Crippen LogP contribution in [0.1, 0.15) is 30.7 Å². The summed E-state index contributed by atoms with van der Waals surface area (Å²) in [7, 11) is 0. The lowest BCUT2D eigenvalue weighted by atomic mass is 9.98. The standard InChI is InChI=1S/C14H18N4O2/c1-10-6-16-11(7-15-10)8-17-9-13(19)18-5-3-2-4-12(18)14(17)20/h6-7,12H,2-5,8-9H2,1H3. The van der Waals surface area contributed by atoms with Crippen molar-refractivity contribution in [1.82, 2.24) is 19.8 Å². The minimum atomic E-state index is -0.261. The summed E-state index contributed by atoms with van der Waals surface area (Å²) >= 11 is 0. The summed E-state index contributed by atoms with van der Waals surface area (Å²) in [6, 6.07) is -0.261. The molecule has 2 aliphatic rings. The zero-order chi connectivity index (χ0) is 14.1. The molecule has 0 radical (unpaired) electrons. The van der Waals surface area contributed by atoms with E-state index in [4.69, 9.17) is 0 Å². The van der Waals surface area contributed by atoms with Crippen LogP contribution >= 0.6 is 0 Å². The van der Waals surface area contributed by atoms with Gasteiger partial charge in [-0.3, -0.25) is 19.6 Å². The molecule has 0 saturated carbocycles. The van der Waals surface area contributed by atoms with Gasteiger partial charge in [-0.05, 0) is 26.2 Å². The number of aromatic nitrogens is 2. The Bertz CT molecular complexity index is 528. The predicted octanol–water partition coefficient (Wildman–Crippen LogP) is 0.508. The summed E-state index contributed by atoms with van der Waals surface area (Å²) in [6.45, 7) is 3.10. The van der Waals surface area contributed by atoms with E-state index in [0.29, 0.717) is 13.1 Å². The Balaban J connectivity index is 1.75. The second-order valence-electron chi connectivity index (χ2n) is 5.44. The van der Waals surface area contributed by atoms with E-state index in [0.717, 1.165) is 30.7 Å². The quantitative estimate of drug-likeness (QED) is 0.788. The fourth-order valence-electron chi connectivity index (χ4n) is 2.86. The molecule has 106 valence electrons. The molecule has 0 aromatic carbocycles. The van der Waals surface area contributed by atoms with Crippen molar-refractivity contribution in [2.24, 2.45) is 0 Å². The Labute approximate surface area is 117 Å². The number of aryl methyl sites for hydroxylation is 1. The molecular weight excluding hydrogens is 256 g/mol. The molecule has 1 unspecified atom stereocenters. The van der Waals surface area contributed by atoms with Crippen LogP contribution in [0.25, 0.3) is 0 Å². The van der Waals surface area contributed by atoms with Crippen molar-refractivity contribution in [3.8, 4) is 0 Å². The highest BCUT2D eigenvalue weighted by molar-refractivity contribution is 5.95. The van der Waals surface area contributed by atoms with Crippen LogP contribution in [0.3, 0.4) is 0 Å². The van der Waals surface area contributed by atoms with E-state index in [1.54, 1.807) is 22.2 Å². The third kappa shape index (κ3) is 2.37. The SMILES string of the molecule is Cc1cnc(CN2CC(=O)N3CCCCC3C2=O)cn1. The first kappa shape index (κ1) is 13.0. The van der Waals surface area contributed by atoms with Crippen molar-refractivity contribution >= 4 is 11.8 Å². The van der Waals surface area contributed by atoms with Crippen LogP contribution in [0, 0.1) is 6.92 Å². The molecule has 0 spiro atoms. The molecule has 0 N–H and O–H groups in total. The number of piperazine rings is 1. The van der Waals surface area contributed by atoms with Gasteiger partial charge in [-0.1, -0.05) is 0 Å². The number of hydrogen-bond acceptors (Lipinski definition) is 4. The molecule has 2 amide bonds. The minimum Gasteiger partial charge on any atom is -0.329 e. The first-order chi connectivity index (χ1) is 9.65. The van der Waals surface area contributed by atoms with Crippen molar-refractivity contribution in [1.29, 1.82) is 0 Å². The van der Waals surface area contributed by atoms with Gasteiger partial charge in [0, 0.05) is 12.7 Å². The lowest BCUT2D eigenvalue weighted by Crippen LogP contribution is -2.60. The van der Waals surface area contributed by atoms with E-state index in [2.05, 4.69) is 9.97 Å². The van der Waals surface area contributed by atoms with Gasteiger partial charge < -0.3 is 9.80 Å². The van der Waals surface area contributed by atoms with Crippen molar-refractivity contribution < 1.29 is 9.59 Å². The number of rotatable bonds is 2. The van der Waals surface area contributed by atoms with Crippen LogP contribution < -0.4 is 0 Å². The molecule has 3 heterocycles. The number of nitrogens with zero attached hydrogens (tertiary/aromatic N) is 4. The molecule has 6 nitrogen and oxygen atoms in total. The molecule has 0 bridgehead atoms. The van der Waals surface area contributed by atoms with E-state index in [9.17, 15) is 9.59 Å². The number of piperidine rings is 1. The van der Waals surface area contributed by atoms with Gasteiger partial charge in [-0.2, -0.15) is 0 Å². The first-order valence-electron chi connectivity index (χ1n) is 7.01. The van der Waals surface area contributed by atoms with Gasteiger partial charge >= 0.3 is 0 Å². The summed E-state index contributed by atoms with van der Waals surface area (Å²) in [5.41, 5.74) is 1.56. The minimum absolute atomic E-state index is 0.0478. The van der Waals surface area contributed by atoms with Gasteiger partial charge in [0.15, 0.2) is 0 Å². The van der Waals surface area contributed by atoms with Crippen molar-refractivity contribution in [2.75, 3.05) is 13.1 Å². The van der Waals surface area contributed by atoms with Gasteiger partial charge in [0.05, 0.1) is 24.1 Å². The lowest BCUT2D eigenvalue weighted by Gasteiger charge is -2.42. The summed E-state index contributed by atoms with van der Waals surface area (Å²) in [4.78, 5) is 36.4. The maximum atomic E-state index is 12.5. The highest BCUT2D eigenvalue weighted by Crippen LogP contribution is 2.23. The van der Waals surface area contributed by atoms with Gasteiger partial charge in [0.2, 0.25) is 11.8 Å². The van der Waals surface area contributed by atoms with E-state index < -0.39 is 0 Å². The van der Waals surface area contributed by atoms with Gasteiger partial charge in [-0.15, -0.1) is 0 Å². The van der Waals surface area contributed by atoms with E-state index in [1.807, 2.05) is 6.92 Å². The number of carbonyl (C=O) groups excluding carboxylic acids is 2. The maximum absolute atomic E-state index is 12.5. The predicted molar refractivity (Wildman–Crippen MR) is 71.5 cm³/mol. The zero-order valence-corrected chi connectivity index (χ0v) is 11.6. The Morgan fingerprint density at radius 3 is 2.85 bits per heavy atom. The fraction of sp³-hybridized carbons (Fsp3) is 0.571. The molecule has 0 aliphatic carbocycles. The second-order valence-corrected chi connectivity index (χ2v) is 5.44. The van der Waals surface area contributed by atoms with Crippen LogP contribution in [0.5, 0.6) is 0 Å². The maximum Gasteiger partial charge on any atom is 0.246 e. The van der Waals surface area contributed by atoms with Crippen molar-refractivity contribution in [2.45, 2.75) is 38.8 Å². The Morgan fingerprint density at radius 1 is 1.25 bits per heavy atom. The average Bonchev–Trinajstić information content (AvgIpc) is 2.47. The summed E-state index contributed by atoms with van der Waals surface area (Å²) in [5, 5.41) is 0. The first-order valence-corrected chi connectivity index (χ1v) is 7.01. The van der Waals surface area contributed by atoms with Crippen LogP contribution in [-0.2, 0) is 16.1 Å². The molecule has 6 heteroatoms. The third-order valence-electron chi connectivity index (χ3n) is 3.93. The average molecular weight is 274 g/mol. The van der Waals surface area contributed by atoms with Crippen molar-refractivity contribution in [3.63, 3.8) is 0 Å². The molecule has 2 saturated heterocycles. The smallest absolute Gasteiger partial charge is 0.246 e. The molecule has 1 atom stereocenters. The van der Waals surface area contributed by atoms with Gasteiger partial charge in [-0.25, -0.2) is 0 Å². The number of carbonyl (C=O) groups is 2. The summed E-state index contributed by atoms with van der Waals surface area (Å²) in [5.74, 6) is 0.0982. The number of amides is 2. The fourth-order valence-corrected chi connectivity index (χ4v) is 2.86. The number of hydrogen-bond donors (Lipinski definition) is 0. The monoisotopic (exact) mass is 274 g/mol. The Kier molecular flexibility index (Phi) is 3.38. The molecule has 3 rings (SSSR count). The Hall–Kier alpha value is -1.98. The largest absolute Gasteiger partial charge is 0.329 e. The third-order valence-corrected chi connectivity index (χ3v) is 3.93. The highest BCUT2D eigenvalue weighted by atomic mass is 16.2. The summed E-state index contributed by atoms with van der Waals surface area (Å²) in [6.07, 6.45) is 6.14. The van der Waals surface area contributed by atoms with Crippen LogP contribution in [0.15, 0.2) is 12.4 Å². The zero-order valence-electron chi connectivity index (χ0n) is 11.6. The van der Waals surface area contributed by atoms with Crippen LogP contribution in [0.2, 0.25) is 0 Å². The second kappa shape index (κ2) is 5.19. The van der Waals surface area contributed by atoms with E-state index >= 15 is 0 Å². The molecule has 20 heavy (non-hydrogen) atoms. The highest BCUT2D eigenvalue weighted by Gasteiger charge is 2.40. The lowest BCUT2D eigenvalue weighted by molar-refractivity contribution is -0.158. The molecule has 2 aliphatic heterocycles. The molecule has 1 aromatic heterocycles. The topological polar surface area (TPSA) is 66.4 Å². The van der Waals surface area contributed by atoms with Crippen LogP contribution in [0.4, 0.5) is 0 Å².